The maximum Gasteiger partial charge on any atom is 0.373 e. The van der Waals surface area contributed by atoms with Crippen molar-refractivity contribution in [1.82, 2.24) is 0 Å². The second-order valence-corrected chi connectivity index (χ2v) is 1.88. The molecule has 58 valence electrons. The third-order valence-corrected chi connectivity index (χ3v) is 1.22. The Morgan fingerprint density at radius 3 is 2.58 bits per heavy atom. The van der Waals surface area contributed by atoms with Gasteiger partial charge < -0.3 is 9.52 Å². The van der Waals surface area contributed by atoms with Crippen molar-refractivity contribution in [2.45, 2.75) is 0 Å². The van der Waals surface area contributed by atoms with E-state index in [1.54, 1.807) is 12.1 Å². The minimum absolute atomic E-state index is 0.0603. The zero-order valence-electron chi connectivity index (χ0n) is 5.74. The number of nitriles is 2. The van der Waals surface area contributed by atoms with Crippen molar-refractivity contribution in [3.05, 3.63) is 23.2 Å². The highest BCUT2D eigenvalue weighted by molar-refractivity contribution is 5.88. The van der Waals surface area contributed by atoms with Gasteiger partial charge in [-0.25, -0.2) is 4.79 Å². The molecule has 0 atom stereocenters. The Bertz CT molecular complexity index is 405. The van der Waals surface area contributed by atoms with Gasteiger partial charge in [-0.1, -0.05) is 0 Å². The maximum absolute atomic E-state index is 10.4. The largest absolute Gasteiger partial charge is 0.475 e. The van der Waals surface area contributed by atoms with Crippen molar-refractivity contribution < 1.29 is 14.3 Å². The molecule has 0 saturated heterocycles. The van der Waals surface area contributed by atoms with Crippen molar-refractivity contribution >= 4 is 5.97 Å². The van der Waals surface area contributed by atoms with Crippen molar-refractivity contribution in [3.8, 4) is 12.1 Å². The van der Waals surface area contributed by atoms with E-state index in [4.69, 9.17) is 15.6 Å². The van der Waals surface area contributed by atoms with Crippen LogP contribution in [0.4, 0.5) is 0 Å². The normalized spacial score (nSPS) is 8.50. The standard InChI is InChI=1S/C7H2N2O3/c8-1-4-3-12-6(7(10)11)5(4)2-9/h3H,(H,10,11). The van der Waals surface area contributed by atoms with Gasteiger partial charge in [0.25, 0.3) is 0 Å². The molecular formula is C7H2N2O3. The van der Waals surface area contributed by atoms with Crippen LogP contribution in [0.5, 0.6) is 0 Å². The molecule has 0 amide bonds. The van der Waals surface area contributed by atoms with Gasteiger partial charge >= 0.3 is 5.97 Å². The Morgan fingerprint density at radius 1 is 1.50 bits per heavy atom. The SMILES string of the molecule is N#Cc1coc(C(=O)O)c1C#N. The van der Waals surface area contributed by atoms with E-state index in [9.17, 15) is 4.79 Å². The molecule has 0 aliphatic carbocycles. The Hall–Kier alpha value is -2.27. The maximum atomic E-state index is 10.4. The number of carbonyl (C=O) groups is 1. The quantitative estimate of drug-likeness (QED) is 0.655. The van der Waals surface area contributed by atoms with E-state index in [0.29, 0.717) is 0 Å². The lowest BCUT2D eigenvalue weighted by molar-refractivity contribution is 0.0662. The predicted molar refractivity (Wildman–Crippen MR) is 35.1 cm³/mol. The number of hydrogen-bond donors (Lipinski definition) is 1. The molecule has 0 aliphatic rings. The Labute approximate surface area is 67.1 Å². The Balaban J connectivity index is 3.38. The van der Waals surface area contributed by atoms with Gasteiger partial charge in [0.15, 0.2) is 0 Å². The molecule has 0 radical (unpaired) electrons. The number of carboxylic acid groups (broad SMARTS) is 1. The monoisotopic (exact) mass is 162 g/mol. The highest BCUT2D eigenvalue weighted by atomic mass is 16.4. The third-order valence-electron chi connectivity index (χ3n) is 1.22. The molecule has 1 aromatic rings. The van der Waals surface area contributed by atoms with E-state index in [2.05, 4.69) is 4.42 Å². The molecule has 0 aromatic carbocycles. The summed E-state index contributed by atoms with van der Waals surface area (Å²) in [6.45, 7) is 0. The molecule has 1 aromatic heterocycles. The molecule has 0 saturated carbocycles. The van der Waals surface area contributed by atoms with Gasteiger partial charge in [0.05, 0.1) is 0 Å². The summed E-state index contributed by atoms with van der Waals surface area (Å²) in [5.74, 6) is -1.85. The van der Waals surface area contributed by atoms with Crippen LogP contribution in [0, 0.1) is 22.7 Å². The summed E-state index contributed by atoms with van der Waals surface area (Å²) in [6, 6.07) is 3.22. The number of carboxylic acids is 1. The molecule has 0 bridgehead atoms. The van der Waals surface area contributed by atoms with E-state index in [0.717, 1.165) is 6.26 Å². The second-order valence-electron chi connectivity index (χ2n) is 1.88. The minimum atomic E-state index is -1.35. The van der Waals surface area contributed by atoms with Gasteiger partial charge in [0, 0.05) is 0 Å². The number of hydrogen-bond acceptors (Lipinski definition) is 4. The van der Waals surface area contributed by atoms with E-state index < -0.39 is 11.7 Å². The van der Waals surface area contributed by atoms with E-state index >= 15 is 0 Å². The minimum Gasteiger partial charge on any atom is -0.475 e. The topological polar surface area (TPSA) is 98.0 Å². The van der Waals surface area contributed by atoms with Crippen molar-refractivity contribution in [2.75, 3.05) is 0 Å². The molecule has 0 aliphatic heterocycles. The highest BCUT2D eigenvalue weighted by Crippen LogP contribution is 2.14. The zero-order chi connectivity index (χ0) is 9.14. The first-order valence-electron chi connectivity index (χ1n) is 2.85. The fraction of sp³-hybridized carbons (Fsp3) is 0. The van der Waals surface area contributed by atoms with Crippen LogP contribution < -0.4 is 0 Å². The summed E-state index contributed by atoms with van der Waals surface area (Å²) in [4.78, 5) is 10.4. The molecular weight excluding hydrogens is 160 g/mol. The molecule has 5 heteroatoms. The van der Waals surface area contributed by atoms with Crippen LogP contribution in [0.2, 0.25) is 0 Å². The van der Waals surface area contributed by atoms with Crippen LogP contribution in [-0.2, 0) is 0 Å². The van der Waals surface area contributed by atoms with Crippen LogP contribution in [0.1, 0.15) is 21.7 Å². The number of nitrogens with zero attached hydrogens (tertiary/aromatic N) is 2. The van der Waals surface area contributed by atoms with E-state index in [-0.39, 0.29) is 11.1 Å². The number of furan rings is 1. The van der Waals surface area contributed by atoms with Gasteiger partial charge in [-0.2, -0.15) is 10.5 Å². The van der Waals surface area contributed by atoms with Crippen LogP contribution >= 0.6 is 0 Å². The summed E-state index contributed by atoms with van der Waals surface area (Å²) < 4.78 is 4.49. The number of rotatable bonds is 1. The summed E-state index contributed by atoms with van der Waals surface area (Å²) >= 11 is 0. The third kappa shape index (κ3) is 0.998. The average molecular weight is 162 g/mol. The fourth-order valence-electron chi connectivity index (χ4n) is 0.709. The Kier molecular flexibility index (Phi) is 1.81. The zero-order valence-corrected chi connectivity index (χ0v) is 5.74. The highest BCUT2D eigenvalue weighted by Gasteiger charge is 2.18. The summed E-state index contributed by atoms with van der Waals surface area (Å²) in [7, 11) is 0. The smallest absolute Gasteiger partial charge is 0.373 e. The molecule has 5 nitrogen and oxygen atoms in total. The van der Waals surface area contributed by atoms with E-state index in [1.807, 2.05) is 0 Å². The second kappa shape index (κ2) is 2.77. The van der Waals surface area contributed by atoms with Crippen LogP contribution in [0.15, 0.2) is 10.7 Å². The average Bonchev–Trinajstić information content (AvgIpc) is 2.46. The molecule has 0 fully saturated rings. The van der Waals surface area contributed by atoms with Gasteiger partial charge in [-0.05, 0) is 0 Å². The lowest BCUT2D eigenvalue weighted by Gasteiger charge is -1.84. The summed E-state index contributed by atoms with van der Waals surface area (Å²) in [5, 5.41) is 25.3. The lowest BCUT2D eigenvalue weighted by atomic mass is 10.2. The van der Waals surface area contributed by atoms with E-state index in [1.165, 1.54) is 0 Å². The van der Waals surface area contributed by atoms with Crippen LogP contribution in [0.25, 0.3) is 0 Å². The fourth-order valence-corrected chi connectivity index (χ4v) is 0.709. The molecule has 0 spiro atoms. The van der Waals surface area contributed by atoms with Crippen LogP contribution in [0.3, 0.4) is 0 Å². The van der Waals surface area contributed by atoms with Gasteiger partial charge in [0.1, 0.15) is 29.5 Å². The Morgan fingerprint density at radius 2 is 2.17 bits per heavy atom. The first kappa shape index (κ1) is 7.83. The first-order valence-corrected chi connectivity index (χ1v) is 2.85. The van der Waals surface area contributed by atoms with Gasteiger partial charge in [-0.15, -0.1) is 0 Å². The van der Waals surface area contributed by atoms with Crippen molar-refractivity contribution in [3.63, 3.8) is 0 Å². The lowest BCUT2D eigenvalue weighted by Crippen LogP contribution is -1.96. The molecule has 1 rings (SSSR count). The molecule has 1 N–H and O–H groups in total. The molecule has 12 heavy (non-hydrogen) atoms. The van der Waals surface area contributed by atoms with Gasteiger partial charge in [-0.3, -0.25) is 0 Å². The predicted octanol–water partition coefficient (Wildman–Crippen LogP) is 0.721. The first-order chi connectivity index (χ1) is 5.70. The van der Waals surface area contributed by atoms with Gasteiger partial charge in [0.2, 0.25) is 5.76 Å². The van der Waals surface area contributed by atoms with Crippen molar-refractivity contribution in [2.24, 2.45) is 0 Å². The number of aromatic carboxylic acids is 1. The van der Waals surface area contributed by atoms with Crippen LogP contribution in [-0.4, -0.2) is 11.1 Å². The summed E-state index contributed by atoms with van der Waals surface area (Å²) in [5.41, 5.74) is -0.292. The van der Waals surface area contributed by atoms with Crippen molar-refractivity contribution in [1.29, 1.82) is 10.5 Å². The molecule has 1 heterocycles. The molecule has 0 unspecified atom stereocenters. The summed E-state index contributed by atoms with van der Waals surface area (Å²) in [6.07, 6.45) is 0.946.